The molecule has 0 atom stereocenters. The van der Waals surface area contributed by atoms with Gasteiger partial charge in [-0.1, -0.05) is 18.2 Å². The summed E-state index contributed by atoms with van der Waals surface area (Å²) in [6.45, 7) is -0.115. The molecule has 0 radical (unpaired) electrons. The van der Waals surface area contributed by atoms with Crippen molar-refractivity contribution in [2.24, 2.45) is 5.92 Å². The minimum Gasteiger partial charge on any atom is -0.457 e. The fourth-order valence-electron chi connectivity index (χ4n) is 2.89. The van der Waals surface area contributed by atoms with E-state index in [1.54, 1.807) is 17.5 Å². The Labute approximate surface area is 160 Å². The average Bonchev–Trinajstić information content (AvgIpc) is 3.22. The Kier molecular flexibility index (Phi) is 6.03. The molecule has 0 unspecified atom stereocenters. The lowest BCUT2D eigenvalue weighted by Crippen LogP contribution is -2.40. The molecule has 144 valence electrons. The van der Waals surface area contributed by atoms with Crippen LogP contribution in [-0.4, -0.2) is 44.2 Å². The fraction of sp³-hybridized carbons (Fsp3) is 0.333. The summed E-state index contributed by atoms with van der Waals surface area (Å²) in [5, 5.41) is 1.70. The Morgan fingerprint density at radius 2 is 1.85 bits per heavy atom. The van der Waals surface area contributed by atoms with Crippen LogP contribution >= 0.6 is 11.3 Å². The van der Waals surface area contributed by atoms with Crippen LogP contribution in [0.25, 0.3) is 0 Å². The number of halogens is 1. The van der Waals surface area contributed by atoms with Gasteiger partial charge < -0.3 is 4.74 Å². The highest BCUT2D eigenvalue weighted by molar-refractivity contribution is 7.91. The first-order valence-electron chi connectivity index (χ1n) is 8.37. The van der Waals surface area contributed by atoms with Crippen LogP contribution in [0.15, 0.2) is 46.0 Å². The summed E-state index contributed by atoms with van der Waals surface area (Å²) in [5.41, 5.74) is -0.123. The minimum atomic E-state index is -3.53. The van der Waals surface area contributed by atoms with Crippen LogP contribution in [0.3, 0.4) is 0 Å². The Balaban J connectivity index is 1.52. The molecule has 2 heterocycles. The maximum atomic E-state index is 13.6. The van der Waals surface area contributed by atoms with Gasteiger partial charge >= 0.3 is 5.97 Å². The third-order valence-electron chi connectivity index (χ3n) is 4.40. The number of benzene rings is 1. The summed E-state index contributed by atoms with van der Waals surface area (Å²) in [6, 6.07) is 8.72. The number of rotatable bonds is 6. The van der Waals surface area contributed by atoms with Crippen molar-refractivity contribution in [3.05, 3.63) is 53.2 Å². The monoisotopic (exact) mass is 411 g/mol. The van der Waals surface area contributed by atoms with Gasteiger partial charge in [0.1, 0.15) is 10.0 Å². The lowest BCUT2D eigenvalue weighted by Gasteiger charge is -2.29. The van der Waals surface area contributed by atoms with Crippen molar-refractivity contribution >= 4 is 33.1 Å². The number of carbonyl (C=O) groups excluding carboxylic acids is 2. The van der Waals surface area contributed by atoms with E-state index in [9.17, 15) is 22.4 Å². The number of carbonyl (C=O) groups is 2. The van der Waals surface area contributed by atoms with Crippen molar-refractivity contribution in [1.82, 2.24) is 4.31 Å². The van der Waals surface area contributed by atoms with Crippen molar-refractivity contribution in [2.45, 2.75) is 17.1 Å². The number of esters is 1. The molecular weight excluding hydrogens is 393 g/mol. The van der Waals surface area contributed by atoms with Crippen LogP contribution in [-0.2, 0) is 19.6 Å². The normalized spacial score (nSPS) is 16.2. The molecular formula is C18H18FNO5S2. The molecule has 2 aromatic rings. The first-order chi connectivity index (χ1) is 12.9. The van der Waals surface area contributed by atoms with E-state index in [0.29, 0.717) is 12.8 Å². The standard InChI is InChI=1S/C18H18FNO5S2/c19-15-5-2-1-4-14(15)16(21)12-25-18(22)13-7-9-20(10-8-13)27(23,24)17-6-3-11-26-17/h1-6,11,13H,7-10,12H2. The van der Waals surface area contributed by atoms with Gasteiger partial charge in [0.15, 0.2) is 6.61 Å². The quantitative estimate of drug-likeness (QED) is 0.539. The molecule has 9 heteroatoms. The molecule has 6 nitrogen and oxygen atoms in total. The molecule has 0 saturated carbocycles. The van der Waals surface area contributed by atoms with Gasteiger partial charge in [0.2, 0.25) is 5.78 Å². The van der Waals surface area contributed by atoms with Crippen molar-refractivity contribution < 1.29 is 27.1 Å². The summed E-state index contributed by atoms with van der Waals surface area (Å²) < 4.78 is 45.2. The summed E-state index contributed by atoms with van der Waals surface area (Å²) in [7, 11) is -3.53. The lowest BCUT2D eigenvalue weighted by molar-refractivity contribution is -0.148. The number of piperidine rings is 1. The van der Waals surface area contributed by atoms with E-state index >= 15 is 0 Å². The van der Waals surface area contributed by atoms with Crippen molar-refractivity contribution in [3.8, 4) is 0 Å². The second-order valence-electron chi connectivity index (χ2n) is 6.12. The Bertz CT molecular complexity index is 919. The highest BCUT2D eigenvalue weighted by Crippen LogP contribution is 2.26. The van der Waals surface area contributed by atoms with Crippen LogP contribution in [0.2, 0.25) is 0 Å². The van der Waals surface area contributed by atoms with Gasteiger partial charge in [-0.05, 0) is 36.4 Å². The smallest absolute Gasteiger partial charge is 0.309 e. The molecule has 0 amide bonds. The van der Waals surface area contributed by atoms with Crippen LogP contribution in [0, 0.1) is 11.7 Å². The summed E-state index contributed by atoms with van der Waals surface area (Å²) in [5.74, 6) is -2.31. The summed E-state index contributed by atoms with van der Waals surface area (Å²) in [6.07, 6.45) is 0.634. The molecule has 1 saturated heterocycles. The largest absolute Gasteiger partial charge is 0.457 e. The number of ether oxygens (including phenoxy) is 1. The van der Waals surface area contributed by atoms with E-state index < -0.39 is 40.1 Å². The molecule has 1 aromatic carbocycles. The number of hydrogen-bond donors (Lipinski definition) is 0. The lowest BCUT2D eigenvalue weighted by atomic mass is 9.98. The molecule has 0 spiro atoms. The molecule has 27 heavy (non-hydrogen) atoms. The van der Waals surface area contributed by atoms with Crippen LogP contribution < -0.4 is 0 Å². The molecule has 1 aliphatic heterocycles. The maximum absolute atomic E-state index is 13.6. The first-order valence-corrected chi connectivity index (χ1v) is 10.7. The Morgan fingerprint density at radius 1 is 1.15 bits per heavy atom. The minimum absolute atomic E-state index is 0.123. The molecule has 0 bridgehead atoms. The zero-order chi connectivity index (χ0) is 19.4. The molecule has 1 fully saturated rings. The van der Waals surface area contributed by atoms with Gasteiger partial charge in [0.05, 0.1) is 11.5 Å². The van der Waals surface area contributed by atoms with Gasteiger partial charge in [-0.15, -0.1) is 11.3 Å². The number of sulfonamides is 1. The summed E-state index contributed by atoms with van der Waals surface area (Å²) >= 11 is 1.15. The van der Waals surface area contributed by atoms with Gasteiger partial charge in [-0.3, -0.25) is 9.59 Å². The number of nitrogens with zero attached hydrogens (tertiary/aromatic N) is 1. The van der Waals surface area contributed by atoms with Crippen molar-refractivity contribution in [1.29, 1.82) is 0 Å². The van der Waals surface area contributed by atoms with Gasteiger partial charge in [-0.2, -0.15) is 4.31 Å². The Hall–Kier alpha value is -2.10. The number of thiophene rings is 1. The van der Waals surface area contributed by atoms with Crippen LogP contribution in [0.1, 0.15) is 23.2 Å². The van der Waals surface area contributed by atoms with Gasteiger partial charge in [-0.25, -0.2) is 12.8 Å². The van der Waals surface area contributed by atoms with E-state index in [4.69, 9.17) is 4.74 Å². The second-order valence-corrected chi connectivity index (χ2v) is 9.23. The number of Topliss-reactive ketones (excluding diaryl/α,β-unsaturated/α-hetero) is 1. The number of ketones is 1. The third kappa shape index (κ3) is 4.42. The van der Waals surface area contributed by atoms with E-state index in [0.717, 1.165) is 11.3 Å². The van der Waals surface area contributed by atoms with Crippen molar-refractivity contribution in [2.75, 3.05) is 19.7 Å². The SMILES string of the molecule is O=C(COC(=O)C1CCN(S(=O)(=O)c2cccs2)CC1)c1ccccc1F. The molecule has 1 aliphatic rings. The van der Waals surface area contributed by atoms with Gasteiger partial charge in [0, 0.05) is 13.1 Å². The summed E-state index contributed by atoms with van der Waals surface area (Å²) in [4.78, 5) is 24.1. The van der Waals surface area contributed by atoms with E-state index in [1.807, 2.05) is 0 Å². The number of hydrogen-bond acceptors (Lipinski definition) is 6. The average molecular weight is 411 g/mol. The van der Waals surface area contributed by atoms with Gasteiger partial charge in [0.25, 0.3) is 10.0 Å². The fourth-order valence-corrected chi connectivity index (χ4v) is 5.50. The molecule has 3 rings (SSSR count). The first kappa shape index (κ1) is 19.7. The van der Waals surface area contributed by atoms with Crippen LogP contribution in [0.5, 0.6) is 0 Å². The highest BCUT2D eigenvalue weighted by Gasteiger charge is 2.33. The van der Waals surface area contributed by atoms with Crippen molar-refractivity contribution in [3.63, 3.8) is 0 Å². The van der Waals surface area contributed by atoms with E-state index in [-0.39, 0.29) is 22.9 Å². The van der Waals surface area contributed by atoms with Crippen LogP contribution in [0.4, 0.5) is 4.39 Å². The Morgan fingerprint density at radius 3 is 2.48 bits per heavy atom. The highest BCUT2D eigenvalue weighted by atomic mass is 32.2. The third-order valence-corrected chi connectivity index (χ3v) is 7.67. The van der Waals surface area contributed by atoms with E-state index in [2.05, 4.69) is 0 Å². The predicted octanol–water partition coefficient (Wildman–Crippen LogP) is 2.71. The predicted molar refractivity (Wildman–Crippen MR) is 97.5 cm³/mol. The maximum Gasteiger partial charge on any atom is 0.309 e. The molecule has 0 aliphatic carbocycles. The molecule has 0 N–H and O–H groups in total. The second kappa shape index (κ2) is 8.28. The topological polar surface area (TPSA) is 80.8 Å². The zero-order valence-electron chi connectivity index (χ0n) is 14.3. The zero-order valence-corrected chi connectivity index (χ0v) is 16.0. The molecule has 1 aromatic heterocycles. The van der Waals surface area contributed by atoms with E-state index in [1.165, 1.54) is 28.6 Å².